The number of carbonyl (C=O) groups excluding carboxylic acids is 1. The number of H-pyrrole nitrogens is 1. The highest BCUT2D eigenvalue weighted by molar-refractivity contribution is 5.49. The average molecular weight is 219 g/mol. The highest BCUT2D eigenvalue weighted by Gasteiger charge is 2.39. The van der Waals surface area contributed by atoms with Gasteiger partial charge in [0.15, 0.2) is 5.69 Å². The van der Waals surface area contributed by atoms with Crippen molar-refractivity contribution in [2.45, 2.75) is 19.1 Å². The maximum Gasteiger partial charge on any atom is 0.435 e. The molecule has 2 heterocycles. The van der Waals surface area contributed by atoms with Crippen LogP contribution in [0.25, 0.3) is 0 Å². The van der Waals surface area contributed by atoms with Crippen molar-refractivity contribution in [3.8, 4) is 0 Å². The molecule has 1 aromatic rings. The molecule has 7 heteroatoms. The zero-order valence-electron chi connectivity index (χ0n) is 7.64. The van der Waals surface area contributed by atoms with Gasteiger partial charge in [-0.25, -0.2) is 0 Å². The highest BCUT2D eigenvalue weighted by Crippen LogP contribution is 2.33. The van der Waals surface area contributed by atoms with E-state index < -0.39 is 11.9 Å². The molecule has 0 saturated carbocycles. The van der Waals surface area contributed by atoms with Crippen molar-refractivity contribution >= 4 is 6.41 Å². The minimum atomic E-state index is -4.46. The summed E-state index contributed by atoms with van der Waals surface area (Å²) in [4.78, 5) is 11.8. The third-order valence-electron chi connectivity index (χ3n) is 2.38. The van der Waals surface area contributed by atoms with Crippen LogP contribution in [0.4, 0.5) is 13.2 Å². The van der Waals surface area contributed by atoms with E-state index in [2.05, 4.69) is 10.2 Å². The molecule has 1 N–H and O–H groups in total. The summed E-state index contributed by atoms with van der Waals surface area (Å²) in [5, 5.41) is 5.61. The second-order valence-corrected chi connectivity index (χ2v) is 3.35. The number of aromatic nitrogens is 2. The molecule has 0 atom stereocenters. The predicted molar refractivity (Wildman–Crippen MR) is 43.8 cm³/mol. The molecule has 1 aliphatic rings. The van der Waals surface area contributed by atoms with Gasteiger partial charge in [0.05, 0.1) is 0 Å². The Labute approximate surface area is 83.1 Å². The van der Waals surface area contributed by atoms with E-state index in [1.807, 2.05) is 0 Å². The van der Waals surface area contributed by atoms with Crippen molar-refractivity contribution in [3.63, 3.8) is 0 Å². The number of alkyl halides is 3. The SMILES string of the molecule is O=CN1CCc2[nH]nc(C(F)(F)F)c2C1. The largest absolute Gasteiger partial charge is 0.435 e. The Morgan fingerprint density at radius 1 is 1.47 bits per heavy atom. The van der Waals surface area contributed by atoms with Crippen molar-refractivity contribution in [1.82, 2.24) is 15.1 Å². The van der Waals surface area contributed by atoms with Crippen LogP contribution < -0.4 is 0 Å². The third kappa shape index (κ3) is 1.69. The number of halogens is 3. The standard InChI is InChI=1S/C8H8F3N3O/c9-8(10,11)7-5-3-14(4-15)2-1-6(5)12-13-7/h4H,1-3H2,(H,12,13). The molecule has 82 valence electrons. The summed E-state index contributed by atoms with van der Waals surface area (Å²) in [6.45, 7) is 0.403. The normalized spacial score (nSPS) is 16.3. The van der Waals surface area contributed by atoms with Crippen LogP contribution in [-0.4, -0.2) is 28.1 Å². The van der Waals surface area contributed by atoms with Crippen LogP contribution in [0.3, 0.4) is 0 Å². The van der Waals surface area contributed by atoms with Gasteiger partial charge >= 0.3 is 6.18 Å². The van der Waals surface area contributed by atoms with Crippen molar-refractivity contribution in [3.05, 3.63) is 17.0 Å². The van der Waals surface area contributed by atoms with Gasteiger partial charge in [0.2, 0.25) is 6.41 Å². The number of hydrogen-bond donors (Lipinski definition) is 1. The summed E-state index contributed by atoms with van der Waals surface area (Å²) >= 11 is 0. The maximum absolute atomic E-state index is 12.5. The van der Waals surface area contributed by atoms with E-state index in [0.717, 1.165) is 0 Å². The Kier molecular flexibility index (Phi) is 2.17. The van der Waals surface area contributed by atoms with Gasteiger partial charge in [-0.2, -0.15) is 18.3 Å². The van der Waals surface area contributed by atoms with E-state index in [4.69, 9.17) is 0 Å². The second-order valence-electron chi connectivity index (χ2n) is 3.35. The van der Waals surface area contributed by atoms with E-state index in [1.165, 1.54) is 4.90 Å². The number of rotatable bonds is 1. The van der Waals surface area contributed by atoms with Gasteiger partial charge < -0.3 is 4.90 Å². The predicted octanol–water partition coefficient (Wildman–Crippen LogP) is 0.943. The Bertz CT molecular complexity index is 385. The first kappa shape index (κ1) is 10.0. The fourth-order valence-electron chi connectivity index (χ4n) is 1.64. The van der Waals surface area contributed by atoms with Gasteiger partial charge in [0, 0.05) is 30.8 Å². The van der Waals surface area contributed by atoms with Gasteiger partial charge in [0.25, 0.3) is 0 Å². The number of nitrogens with zero attached hydrogens (tertiary/aromatic N) is 2. The molecule has 1 amide bonds. The van der Waals surface area contributed by atoms with Crippen LogP contribution in [0.2, 0.25) is 0 Å². The first-order valence-corrected chi connectivity index (χ1v) is 4.35. The minimum absolute atomic E-state index is 0.0236. The fourth-order valence-corrected chi connectivity index (χ4v) is 1.64. The molecule has 0 fully saturated rings. The van der Waals surface area contributed by atoms with Crippen LogP contribution in [0.15, 0.2) is 0 Å². The maximum atomic E-state index is 12.5. The van der Waals surface area contributed by atoms with Gasteiger partial charge in [-0.05, 0) is 0 Å². The number of fused-ring (bicyclic) bond motifs is 1. The molecule has 2 rings (SSSR count). The van der Waals surface area contributed by atoms with Crippen molar-refractivity contribution in [2.75, 3.05) is 6.54 Å². The summed E-state index contributed by atoms with van der Waals surface area (Å²) in [7, 11) is 0. The monoisotopic (exact) mass is 219 g/mol. The van der Waals surface area contributed by atoms with Crippen molar-refractivity contribution < 1.29 is 18.0 Å². The highest BCUT2D eigenvalue weighted by atomic mass is 19.4. The molecule has 0 radical (unpaired) electrons. The van der Waals surface area contributed by atoms with E-state index in [1.54, 1.807) is 0 Å². The quantitative estimate of drug-likeness (QED) is 0.714. The van der Waals surface area contributed by atoms with Crippen LogP contribution in [0.5, 0.6) is 0 Å². The first-order valence-electron chi connectivity index (χ1n) is 4.35. The molecular formula is C8H8F3N3O. The number of nitrogens with one attached hydrogen (secondary N) is 1. The lowest BCUT2D eigenvalue weighted by atomic mass is 10.1. The van der Waals surface area contributed by atoms with Gasteiger partial charge in [-0.1, -0.05) is 0 Å². The zero-order valence-corrected chi connectivity index (χ0v) is 7.64. The average Bonchev–Trinajstić information content (AvgIpc) is 2.59. The Balaban J connectivity index is 2.37. The summed E-state index contributed by atoms with van der Waals surface area (Å²) in [5.74, 6) is 0. The molecule has 15 heavy (non-hydrogen) atoms. The summed E-state index contributed by atoms with van der Waals surface area (Å²) in [5.41, 5.74) is -0.356. The van der Waals surface area contributed by atoms with E-state index in [0.29, 0.717) is 25.1 Å². The molecule has 1 aliphatic heterocycles. The molecule has 4 nitrogen and oxygen atoms in total. The summed E-state index contributed by atoms with van der Waals surface area (Å²) in [6.07, 6.45) is -3.52. The lowest BCUT2D eigenvalue weighted by Gasteiger charge is -2.23. The van der Waals surface area contributed by atoms with Crippen LogP contribution in [-0.2, 0) is 23.9 Å². The van der Waals surface area contributed by atoms with Crippen LogP contribution >= 0.6 is 0 Å². The number of hydrogen-bond acceptors (Lipinski definition) is 2. The molecule has 1 aromatic heterocycles. The Hall–Kier alpha value is -1.53. The molecule has 0 aliphatic carbocycles. The van der Waals surface area contributed by atoms with E-state index in [-0.39, 0.29) is 12.1 Å². The second kappa shape index (κ2) is 3.25. The fraction of sp³-hybridized carbons (Fsp3) is 0.500. The molecule has 0 bridgehead atoms. The lowest BCUT2D eigenvalue weighted by Crippen LogP contribution is -2.30. The van der Waals surface area contributed by atoms with Crippen molar-refractivity contribution in [1.29, 1.82) is 0 Å². The topological polar surface area (TPSA) is 49.0 Å². The van der Waals surface area contributed by atoms with Crippen molar-refractivity contribution in [2.24, 2.45) is 0 Å². The number of aromatic amines is 1. The van der Waals surface area contributed by atoms with Crippen LogP contribution in [0, 0.1) is 0 Å². The molecule has 0 spiro atoms. The number of carbonyl (C=O) groups is 1. The lowest BCUT2D eigenvalue weighted by molar-refractivity contribution is -0.142. The molecule has 0 aromatic carbocycles. The molecular weight excluding hydrogens is 211 g/mol. The third-order valence-corrected chi connectivity index (χ3v) is 2.38. The summed E-state index contributed by atoms with van der Waals surface area (Å²) < 4.78 is 37.4. The number of amides is 1. The van der Waals surface area contributed by atoms with E-state index >= 15 is 0 Å². The van der Waals surface area contributed by atoms with Gasteiger partial charge in [-0.3, -0.25) is 9.89 Å². The smallest absolute Gasteiger partial charge is 0.340 e. The van der Waals surface area contributed by atoms with Gasteiger partial charge in [-0.15, -0.1) is 0 Å². The zero-order chi connectivity index (χ0) is 11.1. The molecule has 0 unspecified atom stereocenters. The van der Waals surface area contributed by atoms with Gasteiger partial charge in [0.1, 0.15) is 0 Å². The minimum Gasteiger partial charge on any atom is -0.340 e. The molecule has 0 saturated heterocycles. The summed E-state index contributed by atoms with van der Waals surface area (Å²) in [6, 6.07) is 0. The van der Waals surface area contributed by atoms with E-state index in [9.17, 15) is 18.0 Å². The first-order chi connectivity index (χ1) is 7.02. The Morgan fingerprint density at radius 2 is 2.20 bits per heavy atom. The Morgan fingerprint density at radius 3 is 2.80 bits per heavy atom. The van der Waals surface area contributed by atoms with Crippen LogP contribution in [0.1, 0.15) is 17.0 Å².